The zero-order valence-electron chi connectivity index (χ0n) is 31.1. The molecule has 290 valence electrons. The summed E-state index contributed by atoms with van der Waals surface area (Å²) in [5.41, 5.74) is 4.29. The highest BCUT2D eigenvalue weighted by Gasteiger charge is 2.46. The zero-order chi connectivity index (χ0) is 39.1. The fourth-order valence-corrected chi connectivity index (χ4v) is 9.03. The monoisotopic (exact) mass is 778 g/mol. The maximum absolute atomic E-state index is 13.4. The van der Waals surface area contributed by atoms with Crippen LogP contribution < -0.4 is 20.3 Å². The highest BCUT2D eigenvalue weighted by Crippen LogP contribution is 2.37. The lowest BCUT2D eigenvalue weighted by molar-refractivity contribution is -0.136. The highest BCUT2D eigenvalue weighted by molar-refractivity contribution is 6.33. The van der Waals surface area contributed by atoms with E-state index in [2.05, 4.69) is 25.3 Å². The second-order valence-electron chi connectivity index (χ2n) is 15.5. The van der Waals surface area contributed by atoms with Gasteiger partial charge in [0.1, 0.15) is 11.8 Å². The lowest BCUT2D eigenvalue weighted by Crippen LogP contribution is -2.54. The third kappa shape index (κ3) is 7.36. The molecule has 14 heteroatoms. The fraction of sp³-hybridized carbons (Fsp3) is 0.429. The van der Waals surface area contributed by atoms with Gasteiger partial charge in [0, 0.05) is 63.5 Å². The van der Waals surface area contributed by atoms with Gasteiger partial charge in [-0.2, -0.15) is 0 Å². The standard InChI is InChI=1S/C42H43ClN6O7/c1-44-35-12-11-31(21-34(35)43)56-30-9-5-28(6-10-30)45-38(51)25-3-7-29(8-4-25)48-17-15-42(55-2,16-18-48)24-47-22-26-19-32-33(20-27(26)23-47)41(54)49(40(32)53)36-13-14-37(50)46-39(36)52/h3-4,7-8,11-12,19-21,28,30,36H,5-6,9-10,13-18,22-24H2,2H3,(H,45,51)(H,46,50,52). The molecule has 3 aromatic carbocycles. The van der Waals surface area contributed by atoms with Crippen LogP contribution in [0.1, 0.15) is 93.6 Å². The predicted molar refractivity (Wildman–Crippen MR) is 207 cm³/mol. The van der Waals surface area contributed by atoms with Crippen LogP contribution in [0.4, 0.5) is 11.4 Å². The van der Waals surface area contributed by atoms with Crippen LogP contribution in [0.3, 0.4) is 0 Å². The van der Waals surface area contributed by atoms with Gasteiger partial charge in [-0.05, 0) is 105 Å². The number of amides is 5. The van der Waals surface area contributed by atoms with E-state index in [9.17, 15) is 24.0 Å². The van der Waals surface area contributed by atoms with Gasteiger partial charge in [-0.15, -0.1) is 0 Å². The highest BCUT2D eigenvalue weighted by atomic mass is 35.5. The van der Waals surface area contributed by atoms with E-state index in [-0.39, 0.29) is 36.5 Å². The van der Waals surface area contributed by atoms with Crippen molar-refractivity contribution in [3.05, 3.63) is 98.9 Å². The average molecular weight is 779 g/mol. The summed E-state index contributed by atoms with van der Waals surface area (Å²) < 4.78 is 12.3. The van der Waals surface area contributed by atoms with Crippen molar-refractivity contribution < 1.29 is 33.4 Å². The number of ether oxygens (including phenoxy) is 2. The molecule has 0 spiro atoms. The molecule has 0 bridgehead atoms. The zero-order valence-corrected chi connectivity index (χ0v) is 31.9. The van der Waals surface area contributed by atoms with Crippen LogP contribution in [0.15, 0.2) is 54.6 Å². The molecule has 1 saturated carbocycles. The quantitative estimate of drug-likeness (QED) is 0.216. The van der Waals surface area contributed by atoms with Gasteiger partial charge < -0.3 is 19.7 Å². The second kappa shape index (κ2) is 15.3. The van der Waals surface area contributed by atoms with Crippen molar-refractivity contribution in [2.45, 2.75) is 88.2 Å². The summed E-state index contributed by atoms with van der Waals surface area (Å²) in [6.45, 7) is 10.7. The molecule has 13 nitrogen and oxygen atoms in total. The number of nitrogens with zero attached hydrogens (tertiary/aromatic N) is 4. The Balaban J connectivity index is 0.811. The number of rotatable bonds is 9. The summed E-state index contributed by atoms with van der Waals surface area (Å²) >= 11 is 6.16. The number of nitrogens with one attached hydrogen (secondary N) is 2. The fourth-order valence-electron chi connectivity index (χ4n) is 8.82. The van der Waals surface area contributed by atoms with Gasteiger partial charge >= 0.3 is 0 Å². The van der Waals surface area contributed by atoms with Crippen LogP contribution >= 0.6 is 11.6 Å². The number of anilines is 1. The first-order chi connectivity index (χ1) is 27.0. The number of benzene rings is 3. The van der Waals surface area contributed by atoms with Gasteiger partial charge in [0.25, 0.3) is 17.7 Å². The number of hydrogen-bond acceptors (Lipinski definition) is 9. The Labute approximate surface area is 330 Å². The van der Waals surface area contributed by atoms with E-state index in [1.807, 2.05) is 24.3 Å². The number of fused-ring (bicyclic) bond motifs is 2. The minimum atomic E-state index is -0.983. The first-order valence-corrected chi connectivity index (χ1v) is 19.6. The molecule has 2 N–H and O–H groups in total. The van der Waals surface area contributed by atoms with Crippen LogP contribution in [0.2, 0.25) is 5.02 Å². The Morgan fingerprint density at radius 1 is 0.929 bits per heavy atom. The lowest BCUT2D eigenvalue weighted by atomic mass is 9.90. The molecular formula is C42H43ClN6O7. The summed E-state index contributed by atoms with van der Waals surface area (Å²) in [6.07, 6.45) is 5.10. The lowest BCUT2D eigenvalue weighted by Gasteiger charge is -2.43. The molecule has 5 aliphatic rings. The molecule has 1 atom stereocenters. The maximum atomic E-state index is 13.4. The van der Waals surface area contributed by atoms with Gasteiger partial charge in [0.2, 0.25) is 17.5 Å². The minimum absolute atomic E-state index is 0.0340. The molecule has 8 rings (SSSR count). The van der Waals surface area contributed by atoms with Gasteiger partial charge in [0.15, 0.2) is 0 Å². The molecule has 3 aromatic rings. The molecule has 4 aliphatic heterocycles. The van der Waals surface area contributed by atoms with Crippen molar-refractivity contribution in [2.75, 3.05) is 31.6 Å². The third-order valence-corrected chi connectivity index (χ3v) is 12.3. The molecule has 0 radical (unpaired) electrons. The molecule has 4 heterocycles. The predicted octanol–water partition coefficient (Wildman–Crippen LogP) is 5.41. The Kier molecular flexibility index (Phi) is 10.3. The molecule has 0 aromatic heterocycles. The topological polar surface area (TPSA) is 142 Å². The smallest absolute Gasteiger partial charge is 0.262 e. The van der Waals surface area contributed by atoms with Crippen LogP contribution in [-0.2, 0) is 27.4 Å². The molecule has 1 unspecified atom stereocenters. The third-order valence-electron chi connectivity index (χ3n) is 12.0. The summed E-state index contributed by atoms with van der Waals surface area (Å²) in [5, 5.41) is 5.82. The number of hydrogen-bond donors (Lipinski definition) is 2. The maximum Gasteiger partial charge on any atom is 0.262 e. The number of carbonyl (C=O) groups excluding carboxylic acids is 5. The Bertz CT molecular complexity index is 2090. The first kappa shape index (κ1) is 37.6. The van der Waals surface area contributed by atoms with Crippen LogP contribution in [-0.4, -0.2) is 89.9 Å². The average Bonchev–Trinajstić information content (AvgIpc) is 3.70. The normalized spacial score (nSPS) is 23.3. The van der Waals surface area contributed by atoms with E-state index < -0.39 is 29.7 Å². The van der Waals surface area contributed by atoms with Crippen LogP contribution in [0, 0.1) is 6.57 Å². The summed E-state index contributed by atoms with van der Waals surface area (Å²) in [5.74, 6) is -1.43. The molecule has 1 aliphatic carbocycles. The molecule has 56 heavy (non-hydrogen) atoms. The minimum Gasteiger partial charge on any atom is -0.490 e. The van der Waals surface area contributed by atoms with E-state index in [1.165, 1.54) is 0 Å². The molecule has 5 amide bonds. The van der Waals surface area contributed by atoms with Gasteiger partial charge in [-0.3, -0.25) is 39.1 Å². The van der Waals surface area contributed by atoms with Crippen molar-refractivity contribution in [1.82, 2.24) is 20.4 Å². The molecule has 3 fully saturated rings. The molecule has 2 saturated heterocycles. The number of methoxy groups -OCH3 is 1. The van der Waals surface area contributed by atoms with Gasteiger partial charge in [0.05, 0.1) is 34.4 Å². The summed E-state index contributed by atoms with van der Waals surface area (Å²) in [7, 11) is 1.76. The molecular weight excluding hydrogens is 736 g/mol. The number of carbonyl (C=O) groups is 5. The van der Waals surface area contributed by atoms with E-state index >= 15 is 0 Å². The van der Waals surface area contributed by atoms with Gasteiger partial charge in [-0.1, -0.05) is 17.7 Å². The van der Waals surface area contributed by atoms with E-state index in [4.69, 9.17) is 27.6 Å². The second-order valence-corrected chi connectivity index (χ2v) is 15.9. The van der Waals surface area contributed by atoms with Crippen LogP contribution in [0.5, 0.6) is 5.75 Å². The van der Waals surface area contributed by atoms with E-state index in [0.717, 1.165) is 73.3 Å². The van der Waals surface area contributed by atoms with Crippen LogP contribution in [0.25, 0.3) is 4.85 Å². The van der Waals surface area contributed by atoms with Crippen molar-refractivity contribution in [3.63, 3.8) is 0 Å². The Morgan fingerprint density at radius 3 is 2.18 bits per heavy atom. The number of piperidine rings is 2. The number of halogens is 1. The van der Waals surface area contributed by atoms with Gasteiger partial charge in [-0.25, -0.2) is 4.85 Å². The Hall–Kier alpha value is -5.29. The van der Waals surface area contributed by atoms with Crippen molar-refractivity contribution in [3.8, 4) is 5.75 Å². The Morgan fingerprint density at radius 2 is 1.59 bits per heavy atom. The van der Waals surface area contributed by atoms with E-state index in [0.29, 0.717) is 52.8 Å². The largest absolute Gasteiger partial charge is 0.490 e. The summed E-state index contributed by atoms with van der Waals surface area (Å²) in [4.78, 5) is 73.0. The van der Waals surface area contributed by atoms with Crippen molar-refractivity contribution in [1.29, 1.82) is 0 Å². The summed E-state index contributed by atoms with van der Waals surface area (Å²) in [6, 6.07) is 15.6. The number of imide groups is 2. The van der Waals surface area contributed by atoms with Crippen molar-refractivity contribution >= 4 is 52.5 Å². The van der Waals surface area contributed by atoms with E-state index in [1.54, 1.807) is 37.4 Å². The van der Waals surface area contributed by atoms with Crippen molar-refractivity contribution in [2.24, 2.45) is 0 Å². The SMILES string of the molecule is [C-]#[N+]c1ccc(OC2CCC(NC(=O)c3ccc(N4CCC(CN5Cc6cc7c(cc6C5)C(=O)N(C5CCC(=O)NC5=O)C7=O)(OC)CC4)cc3)CC2)cc1Cl. The first-order valence-electron chi connectivity index (χ1n) is 19.2.